The highest BCUT2D eigenvalue weighted by molar-refractivity contribution is 7.11. The lowest BCUT2D eigenvalue weighted by molar-refractivity contribution is 0.0950. The minimum absolute atomic E-state index is 0.224. The molecule has 7 heteroatoms. The van der Waals surface area contributed by atoms with Gasteiger partial charge in [0.25, 0.3) is 5.91 Å². The summed E-state index contributed by atoms with van der Waals surface area (Å²) in [6.07, 6.45) is 2.16. The van der Waals surface area contributed by atoms with Crippen molar-refractivity contribution in [3.63, 3.8) is 0 Å². The summed E-state index contributed by atoms with van der Waals surface area (Å²) in [4.78, 5) is 14.4. The molecule has 2 N–H and O–H groups in total. The molecule has 0 saturated heterocycles. The molecule has 0 atom stereocenters. The molecule has 2 aromatic rings. The second-order valence-corrected chi connectivity index (χ2v) is 4.90. The van der Waals surface area contributed by atoms with Gasteiger partial charge in [0.2, 0.25) is 0 Å². The first-order valence-electron chi connectivity index (χ1n) is 5.35. The predicted octanol–water partition coefficient (Wildman–Crippen LogP) is 1.02. The van der Waals surface area contributed by atoms with Crippen LogP contribution in [-0.4, -0.2) is 27.6 Å². The number of aromatic nitrogens is 3. The topological polar surface area (TPSA) is 94.5 Å². The van der Waals surface area contributed by atoms with E-state index in [1.54, 1.807) is 0 Å². The summed E-state index contributed by atoms with van der Waals surface area (Å²) in [5.74, 6) is -0.224. The van der Waals surface area contributed by atoms with Gasteiger partial charge < -0.3 is 10.3 Å². The van der Waals surface area contributed by atoms with Crippen molar-refractivity contribution in [3.8, 4) is 6.07 Å². The fourth-order valence-corrected chi connectivity index (χ4v) is 2.12. The zero-order chi connectivity index (χ0) is 13.0. The van der Waals surface area contributed by atoms with Gasteiger partial charge in [0.05, 0.1) is 5.56 Å². The van der Waals surface area contributed by atoms with Gasteiger partial charge in [0.1, 0.15) is 21.8 Å². The number of aryl methyl sites for hydroxylation is 1. The number of rotatable bonds is 4. The fourth-order valence-electron chi connectivity index (χ4n) is 1.41. The zero-order valence-electron chi connectivity index (χ0n) is 9.73. The second kappa shape index (κ2) is 5.42. The van der Waals surface area contributed by atoms with Crippen molar-refractivity contribution < 1.29 is 4.79 Å². The van der Waals surface area contributed by atoms with Crippen LogP contribution in [0.25, 0.3) is 0 Å². The molecule has 0 spiro atoms. The summed E-state index contributed by atoms with van der Waals surface area (Å²) in [5, 5.41) is 21.1. The molecular formula is C11H11N5OS. The van der Waals surface area contributed by atoms with Gasteiger partial charge in [-0.1, -0.05) is 0 Å². The van der Waals surface area contributed by atoms with Crippen LogP contribution in [0.15, 0.2) is 12.3 Å². The average Bonchev–Trinajstić information content (AvgIpc) is 2.98. The maximum absolute atomic E-state index is 11.7. The first-order valence-corrected chi connectivity index (χ1v) is 6.16. The fraction of sp³-hybridized carbons (Fsp3) is 0.273. The van der Waals surface area contributed by atoms with E-state index in [1.807, 2.05) is 13.0 Å². The molecule has 1 amide bonds. The number of aromatic amines is 1. The standard InChI is InChI=1S/C11H11N5OS/c1-7-15-16-10(18-7)2-3-13-11(17)9-4-8(5-12)6-14-9/h4,6,14H,2-3H2,1H3,(H,13,17). The molecule has 18 heavy (non-hydrogen) atoms. The minimum Gasteiger partial charge on any atom is -0.356 e. The number of nitrogens with one attached hydrogen (secondary N) is 2. The van der Waals surface area contributed by atoms with Crippen LogP contribution < -0.4 is 5.32 Å². The van der Waals surface area contributed by atoms with Gasteiger partial charge in [-0.05, 0) is 13.0 Å². The Morgan fingerprint density at radius 2 is 2.44 bits per heavy atom. The van der Waals surface area contributed by atoms with Gasteiger partial charge in [-0.15, -0.1) is 21.5 Å². The summed E-state index contributed by atoms with van der Waals surface area (Å²) < 4.78 is 0. The summed E-state index contributed by atoms with van der Waals surface area (Å²) in [5.41, 5.74) is 0.833. The smallest absolute Gasteiger partial charge is 0.267 e. The van der Waals surface area contributed by atoms with Crippen molar-refractivity contribution in [1.82, 2.24) is 20.5 Å². The average molecular weight is 261 g/mol. The predicted molar refractivity (Wildman–Crippen MR) is 66.2 cm³/mol. The van der Waals surface area contributed by atoms with E-state index in [-0.39, 0.29) is 5.91 Å². The maximum Gasteiger partial charge on any atom is 0.267 e. The van der Waals surface area contributed by atoms with E-state index in [2.05, 4.69) is 20.5 Å². The molecule has 2 heterocycles. The molecule has 0 aliphatic rings. The van der Waals surface area contributed by atoms with E-state index in [9.17, 15) is 4.79 Å². The number of nitrogens with zero attached hydrogens (tertiary/aromatic N) is 3. The van der Waals surface area contributed by atoms with Crippen molar-refractivity contribution in [2.45, 2.75) is 13.3 Å². The van der Waals surface area contributed by atoms with Crippen molar-refractivity contribution in [2.24, 2.45) is 0 Å². The van der Waals surface area contributed by atoms with Crippen LogP contribution in [0.5, 0.6) is 0 Å². The number of hydrogen-bond acceptors (Lipinski definition) is 5. The monoisotopic (exact) mass is 261 g/mol. The summed E-state index contributed by atoms with van der Waals surface area (Å²) >= 11 is 1.52. The number of carbonyl (C=O) groups excluding carboxylic acids is 1. The molecular weight excluding hydrogens is 250 g/mol. The molecule has 2 rings (SSSR count). The van der Waals surface area contributed by atoms with Crippen LogP contribution in [0.1, 0.15) is 26.1 Å². The molecule has 0 aliphatic heterocycles. The Bertz CT molecular complexity index is 595. The normalized spacial score (nSPS) is 10.0. The summed E-state index contributed by atoms with van der Waals surface area (Å²) in [7, 11) is 0. The van der Waals surface area contributed by atoms with Crippen LogP contribution in [0.3, 0.4) is 0 Å². The number of hydrogen-bond donors (Lipinski definition) is 2. The lowest BCUT2D eigenvalue weighted by atomic mass is 10.3. The molecule has 0 aliphatic carbocycles. The largest absolute Gasteiger partial charge is 0.356 e. The second-order valence-electron chi connectivity index (χ2n) is 3.63. The molecule has 6 nitrogen and oxygen atoms in total. The van der Waals surface area contributed by atoms with Gasteiger partial charge in [0, 0.05) is 19.2 Å². The Kier molecular flexibility index (Phi) is 3.69. The highest BCUT2D eigenvalue weighted by atomic mass is 32.1. The van der Waals surface area contributed by atoms with E-state index in [0.717, 1.165) is 10.0 Å². The highest BCUT2D eigenvalue weighted by Crippen LogP contribution is 2.08. The Hall–Kier alpha value is -2.20. The van der Waals surface area contributed by atoms with E-state index in [4.69, 9.17) is 5.26 Å². The Morgan fingerprint density at radius 1 is 1.61 bits per heavy atom. The van der Waals surface area contributed by atoms with Gasteiger partial charge >= 0.3 is 0 Å². The summed E-state index contributed by atoms with van der Waals surface area (Å²) in [6.45, 7) is 2.39. The van der Waals surface area contributed by atoms with Gasteiger partial charge in [0.15, 0.2) is 0 Å². The van der Waals surface area contributed by atoms with Gasteiger partial charge in [-0.2, -0.15) is 5.26 Å². The molecule has 2 aromatic heterocycles. The van der Waals surface area contributed by atoms with Crippen LogP contribution in [0.4, 0.5) is 0 Å². The zero-order valence-corrected chi connectivity index (χ0v) is 10.5. The van der Waals surface area contributed by atoms with Crippen LogP contribution in [0, 0.1) is 18.3 Å². The quantitative estimate of drug-likeness (QED) is 0.859. The molecule has 0 bridgehead atoms. The minimum atomic E-state index is -0.224. The Labute approximate surface area is 108 Å². The third-order valence-corrected chi connectivity index (χ3v) is 3.15. The lowest BCUT2D eigenvalue weighted by Gasteiger charge is -2.00. The summed E-state index contributed by atoms with van der Waals surface area (Å²) in [6, 6.07) is 3.48. The van der Waals surface area contributed by atoms with E-state index in [1.165, 1.54) is 23.6 Å². The molecule has 92 valence electrons. The maximum atomic E-state index is 11.7. The molecule has 0 unspecified atom stereocenters. The van der Waals surface area contributed by atoms with Gasteiger partial charge in [-0.25, -0.2) is 0 Å². The van der Waals surface area contributed by atoms with Crippen LogP contribution in [-0.2, 0) is 6.42 Å². The van der Waals surface area contributed by atoms with Crippen molar-refractivity contribution >= 4 is 17.2 Å². The molecule has 0 aromatic carbocycles. The van der Waals surface area contributed by atoms with Crippen molar-refractivity contribution in [2.75, 3.05) is 6.54 Å². The Morgan fingerprint density at radius 3 is 3.06 bits per heavy atom. The van der Waals surface area contributed by atoms with Crippen LogP contribution >= 0.6 is 11.3 Å². The lowest BCUT2D eigenvalue weighted by Crippen LogP contribution is -2.25. The molecule has 0 fully saturated rings. The van der Waals surface area contributed by atoms with E-state index >= 15 is 0 Å². The first kappa shape index (κ1) is 12.3. The van der Waals surface area contributed by atoms with Crippen molar-refractivity contribution in [3.05, 3.63) is 33.5 Å². The number of carbonyl (C=O) groups is 1. The van der Waals surface area contributed by atoms with E-state index in [0.29, 0.717) is 24.2 Å². The van der Waals surface area contributed by atoms with Gasteiger partial charge in [-0.3, -0.25) is 4.79 Å². The highest BCUT2D eigenvalue weighted by Gasteiger charge is 2.08. The Balaban J connectivity index is 1.83. The third kappa shape index (κ3) is 2.93. The SMILES string of the molecule is Cc1nnc(CCNC(=O)c2cc(C#N)c[nH]2)s1. The molecule has 0 saturated carbocycles. The van der Waals surface area contributed by atoms with Crippen LogP contribution in [0.2, 0.25) is 0 Å². The number of amides is 1. The van der Waals surface area contributed by atoms with E-state index < -0.39 is 0 Å². The first-order chi connectivity index (χ1) is 8.69. The molecule has 0 radical (unpaired) electrons. The van der Waals surface area contributed by atoms with Crippen molar-refractivity contribution in [1.29, 1.82) is 5.26 Å². The third-order valence-electron chi connectivity index (χ3n) is 2.25. The number of nitriles is 1. The number of H-pyrrole nitrogens is 1.